The van der Waals surface area contributed by atoms with Gasteiger partial charge >= 0.3 is 0 Å². The van der Waals surface area contributed by atoms with Crippen LogP contribution in [0.3, 0.4) is 0 Å². The highest BCUT2D eigenvalue weighted by Crippen LogP contribution is 2.32. The van der Waals surface area contributed by atoms with Crippen LogP contribution in [0.25, 0.3) is 22.6 Å². The molecule has 0 radical (unpaired) electrons. The molecular formula is C23H28N6O3. The maximum Gasteiger partial charge on any atom is 0.226 e. The Morgan fingerprint density at radius 1 is 0.969 bits per heavy atom. The van der Waals surface area contributed by atoms with Crippen molar-refractivity contribution in [2.75, 3.05) is 49.2 Å². The van der Waals surface area contributed by atoms with Gasteiger partial charge in [0.05, 0.1) is 42.4 Å². The lowest BCUT2D eigenvalue weighted by molar-refractivity contribution is -0.00571. The van der Waals surface area contributed by atoms with E-state index in [1.807, 2.05) is 31.5 Å². The van der Waals surface area contributed by atoms with Crippen LogP contribution in [-0.2, 0) is 9.47 Å². The largest absolute Gasteiger partial charge is 0.378 e. The third-order valence-corrected chi connectivity index (χ3v) is 5.73. The van der Waals surface area contributed by atoms with E-state index in [2.05, 4.69) is 39.9 Å². The monoisotopic (exact) mass is 436 g/mol. The van der Waals surface area contributed by atoms with Gasteiger partial charge in [0.15, 0.2) is 5.76 Å². The molecule has 9 nitrogen and oxygen atoms in total. The van der Waals surface area contributed by atoms with Crippen molar-refractivity contribution >= 4 is 11.8 Å². The van der Waals surface area contributed by atoms with Crippen molar-refractivity contribution in [3.05, 3.63) is 36.3 Å². The molecule has 0 aromatic carbocycles. The van der Waals surface area contributed by atoms with E-state index in [1.54, 1.807) is 0 Å². The summed E-state index contributed by atoms with van der Waals surface area (Å²) in [4.78, 5) is 18.7. The third-order valence-electron chi connectivity index (χ3n) is 5.73. The fourth-order valence-corrected chi connectivity index (χ4v) is 4.26. The fraction of sp³-hybridized carbons (Fsp3) is 0.478. The van der Waals surface area contributed by atoms with Crippen LogP contribution in [0, 0.1) is 6.92 Å². The highest BCUT2D eigenvalue weighted by Gasteiger charge is 2.26. The molecule has 2 saturated heterocycles. The Morgan fingerprint density at radius 3 is 2.41 bits per heavy atom. The molecule has 0 saturated carbocycles. The quantitative estimate of drug-likeness (QED) is 0.612. The Balaban J connectivity index is 1.52. The van der Waals surface area contributed by atoms with E-state index in [0.717, 1.165) is 67.7 Å². The highest BCUT2D eigenvalue weighted by atomic mass is 16.5. The van der Waals surface area contributed by atoms with Crippen molar-refractivity contribution in [2.24, 2.45) is 0 Å². The van der Waals surface area contributed by atoms with Crippen LogP contribution in [0.1, 0.15) is 19.5 Å². The lowest BCUT2D eigenvalue weighted by atomic mass is 10.1. The van der Waals surface area contributed by atoms with Gasteiger partial charge < -0.3 is 23.8 Å². The maximum atomic E-state index is 5.88. The van der Waals surface area contributed by atoms with Gasteiger partial charge in [0.1, 0.15) is 5.82 Å². The number of nitrogens with zero attached hydrogens (tertiary/aromatic N) is 6. The van der Waals surface area contributed by atoms with Crippen LogP contribution in [0.4, 0.5) is 11.8 Å². The number of pyridine rings is 1. The lowest BCUT2D eigenvalue weighted by Crippen LogP contribution is -2.46. The molecule has 0 aliphatic carbocycles. The van der Waals surface area contributed by atoms with E-state index in [9.17, 15) is 0 Å². The predicted molar refractivity (Wildman–Crippen MR) is 121 cm³/mol. The summed E-state index contributed by atoms with van der Waals surface area (Å²) in [6.45, 7) is 10.7. The molecule has 3 aromatic heterocycles. The van der Waals surface area contributed by atoms with Crippen LogP contribution < -0.4 is 9.80 Å². The first-order chi connectivity index (χ1) is 15.6. The number of anilines is 2. The van der Waals surface area contributed by atoms with Crippen molar-refractivity contribution in [1.29, 1.82) is 0 Å². The third kappa shape index (κ3) is 4.31. The number of hydrogen-bond acceptors (Lipinski definition) is 9. The SMILES string of the molecule is Cc1cc(-c2cnc(N3C[C@@H](C)O[C@@H](C)C3)nc2-c2ccc(N3CCOCC3)nc2)on1. The second-order valence-electron chi connectivity index (χ2n) is 8.43. The van der Waals surface area contributed by atoms with Crippen molar-refractivity contribution in [2.45, 2.75) is 33.0 Å². The number of rotatable bonds is 4. The zero-order valence-corrected chi connectivity index (χ0v) is 18.7. The van der Waals surface area contributed by atoms with Gasteiger partial charge in [-0.15, -0.1) is 0 Å². The first kappa shape index (κ1) is 20.8. The molecule has 3 aromatic rings. The number of aryl methyl sites for hydroxylation is 1. The van der Waals surface area contributed by atoms with Crippen LogP contribution in [0.5, 0.6) is 0 Å². The molecule has 2 aliphatic heterocycles. The molecule has 0 spiro atoms. The van der Waals surface area contributed by atoms with Gasteiger partial charge in [-0.25, -0.2) is 15.0 Å². The smallest absolute Gasteiger partial charge is 0.226 e. The minimum Gasteiger partial charge on any atom is -0.378 e. The summed E-state index contributed by atoms with van der Waals surface area (Å²) in [5.74, 6) is 2.27. The van der Waals surface area contributed by atoms with Crippen molar-refractivity contribution in [1.82, 2.24) is 20.1 Å². The highest BCUT2D eigenvalue weighted by molar-refractivity contribution is 5.78. The summed E-state index contributed by atoms with van der Waals surface area (Å²) < 4.78 is 16.9. The second-order valence-corrected chi connectivity index (χ2v) is 8.43. The molecule has 0 unspecified atom stereocenters. The fourth-order valence-electron chi connectivity index (χ4n) is 4.26. The van der Waals surface area contributed by atoms with E-state index >= 15 is 0 Å². The van der Waals surface area contributed by atoms with E-state index in [-0.39, 0.29) is 12.2 Å². The van der Waals surface area contributed by atoms with Crippen LogP contribution in [-0.4, -0.2) is 71.7 Å². The average molecular weight is 437 g/mol. The molecule has 2 atom stereocenters. The van der Waals surface area contributed by atoms with Gasteiger partial charge in [0, 0.05) is 50.2 Å². The van der Waals surface area contributed by atoms with Crippen molar-refractivity contribution < 1.29 is 14.0 Å². The van der Waals surface area contributed by atoms with Gasteiger partial charge in [-0.2, -0.15) is 0 Å². The van der Waals surface area contributed by atoms with E-state index in [0.29, 0.717) is 11.7 Å². The predicted octanol–water partition coefficient (Wildman–Crippen LogP) is 2.95. The average Bonchev–Trinajstić information content (AvgIpc) is 3.25. The molecule has 9 heteroatoms. The standard InChI is InChI=1S/C23H28N6O3/c1-15-10-20(32-27-15)19-12-25-23(29-13-16(2)31-17(3)14-29)26-22(19)18-4-5-21(24-11-18)28-6-8-30-9-7-28/h4-5,10-12,16-17H,6-9,13-14H2,1-3H3/t16-,17+. The van der Waals surface area contributed by atoms with Crippen molar-refractivity contribution in [3.63, 3.8) is 0 Å². The molecule has 0 amide bonds. The Bertz CT molecular complexity index is 1050. The maximum absolute atomic E-state index is 5.88. The number of aromatic nitrogens is 4. The van der Waals surface area contributed by atoms with Crippen LogP contribution in [0.15, 0.2) is 35.1 Å². The number of morpholine rings is 2. The van der Waals surface area contributed by atoms with Gasteiger partial charge in [-0.1, -0.05) is 5.16 Å². The topological polar surface area (TPSA) is 89.6 Å². The zero-order valence-electron chi connectivity index (χ0n) is 18.7. The molecule has 5 heterocycles. The number of ether oxygens (including phenoxy) is 2. The normalized spacial score (nSPS) is 21.7. The molecule has 0 bridgehead atoms. The van der Waals surface area contributed by atoms with Crippen molar-refractivity contribution in [3.8, 4) is 22.6 Å². The summed E-state index contributed by atoms with van der Waals surface area (Å²) in [6, 6.07) is 5.99. The van der Waals surface area contributed by atoms with E-state index in [4.69, 9.17) is 24.0 Å². The van der Waals surface area contributed by atoms with Crippen LogP contribution >= 0.6 is 0 Å². The Kier molecular flexibility index (Phi) is 5.75. The Hall–Kier alpha value is -3.04. The van der Waals surface area contributed by atoms with Crippen LogP contribution in [0.2, 0.25) is 0 Å². The molecule has 32 heavy (non-hydrogen) atoms. The lowest BCUT2D eigenvalue weighted by Gasteiger charge is -2.35. The minimum absolute atomic E-state index is 0.122. The Labute approximate surface area is 187 Å². The molecule has 2 fully saturated rings. The molecule has 168 valence electrons. The van der Waals surface area contributed by atoms with Gasteiger partial charge in [0.25, 0.3) is 0 Å². The summed E-state index contributed by atoms with van der Waals surface area (Å²) in [6.07, 6.45) is 3.93. The second kappa shape index (κ2) is 8.84. The van der Waals surface area contributed by atoms with Gasteiger partial charge in [-0.05, 0) is 32.9 Å². The van der Waals surface area contributed by atoms with Gasteiger partial charge in [-0.3, -0.25) is 0 Å². The first-order valence-electron chi connectivity index (χ1n) is 11.1. The summed E-state index contributed by atoms with van der Waals surface area (Å²) in [7, 11) is 0. The van der Waals surface area contributed by atoms with Gasteiger partial charge in [0.2, 0.25) is 5.95 Å². The molecule has 2 aliphatic rings. The Morgan fingerprint density at radius 2 is 1.75 bits per heavy atom. The molecule has 5 rings (SSSR count). The summed E-state index contributed by atoms with van der Waals surface area (Å²) in [5, 5.41) is 4.04. The summed E-state index contributed by atoms with van der Waals surface area (Å²) >= 11 is 0. The number of hydrogen-bond donors (Lipinski definition) is 0. The minimum atomic E-state index is 0.122. The first-order valence-corrected chi connectivity index (χ1v) is 11.1. The van der Waals surface area contributed by atoms with E-state index < -0.39 is 0 Å². The summed E-state index contributed by atoms with van der Waals surface area (Å²) in [5.41, 5.74) is 3.29. The molecule has 0 N–H and O–H groups in total. The molecular weight excluding hydrogens is 408 g/mol. The van der Waals surface area contributed by atoms with E-state index in [1.165, 1.54) is 0 Å². The zero-order chi connectivity index (χ0) is 22.1.